The van der Waals surface area contributed by atoms with Gasteiger partial charge in [0.2, 0.25) is 5.91 Å². The summed E-state index contributed by atoms with van der Waals surface area (Å²) in [6, 6.07) is 3.44. The van der Waals surface area contributed by atoms with Gasteiger partial charge in [0.1, 0.15) is 5.01 Å². The highest BCUT2D eigenvalue weighted by Gasteiger charge is 2.32. The van der Waals surface area contributed by atoms with Crippen molar-refractivity contribution in [2.75, 3.05) is 45.1 Å². The Hall–Kier alpha value is -2.94. The van der Waals surface area contributed by atoms with Crippen molar-refractivity contribution in [3.05, 3.63) is 40.5 Å². The van der Waals surface area contributed by atoms with E-state index >= 15 is 0 Å². The second-order valence-corrected chi connectivity index (χ2v) is 9.80. The number of likely N-dealkylation sites (N-methyl/N-ethyl adjacent to an activating group) is 1. The van der Waals surface area contributed by atoms with Crippen LogP contribution in [-0.4, -0.2) is 82.8 Å². The number of hydrogen-bond donors (Lipinski definition) is 1. The summed E-state index contributed by atoms with van der Waals surface area (Å²) < 4.78 is 42.8. The highest BCUT2D eigenvalue weighted by atomic mass is 32.1. The highest BCUT2D eigenvalue weighted by Crippen LogP contribution is 2.32. The van der Waals surface area contributed by atoms with E-state index < -0.39 is 18.0 Å². The normalized spacial score (nSPS) is 15.2. The maximum absolute atomic E-state index is 12.9. The number of halogens is 3. The van der Waals surface area contributed by atoms with Gasteiger partial charge < -0.3 is 15.0 Å². The van der Waals surface area contributed by atoms with Crippen molar-refractivity contribution in [1.29, 1.82) is 0 Å². The number of amides is 1. The molecule has 0 radical (unpaired) electrons. The number of rotatable bonds is 8. The van der Waals surface area contributed by atoms with Crippen LogP contribution in [0.1, 0.15) is 15.4 Å². The highest BCUT2D eigenvalue weighted by molar-refractivity contribution is 7.20. The van der Waals surface area contributed by atoms with E-state index in [1.807, 2.05) is 11.9 Å². The minimum atomic E-state index is -4.96. The average Bonchev–Trinajstić information content (AvgIpc) is 3.47. The Balaban J connectivity index is 1.48. The number of nitrogens with zero attached hydrogens (tertiary/aromatic N) is 5. The fourth-order valence-electron chi connectivity index (χ4n) is 3.40. The molecule has 0 spiro atoms. The number of alkyl halides is 3. The van der Waals surface area contributed by atoms with Crippen LogP contribution in [0.15, 0.2) is 29.9 Å². The van der Waals surface area contributed by atoms with Crippen molar-refractivity contribution >= 4 is 40.1 Å². The van der Waals surface area contributed by atoms with Crippen LogP contribution in [0.2, 0.25) is 0 Å². The lowest BCUT2D eigenvalue weighted by Crippen LogP contribution is -2.47. The number of piperazine rings is 1. The Morgan fingerprint density at radius 1 is 1.17 bits per heavy atom. The zero-order chi connectivity index (χ0) is 25.0. The molecule has 186 valence electrons. The summed E-state index contributed by atoms with van der Waals surface area (Å²) in [7, 11) is 1.97. The third-order valence-electron chi connectivity index (χ3n) is 5.19. The van der Waals surface area contributed by atoms with Gasteiger partial charge in [-0.2, -0.15) is 0 Å². The minimum absolute atomic E-state index is 0.0165. The number of aromatic nitrogens is 3. The molecule has 2 aromatic heterocycles. The second kappa shape index (κ2) is 10.8. The van der Waals surface area contributed by atoms with E-state index in [0.717, 1.165) is 24.0 Å². The summed E-state index contributed by atoms with van der Waals surface area (Å²) in [5, 5.41) is 11.6. The number of carbonyl (C=O) groups is 2. The number of benzene rings is 1. The number of Topliss-reactive ketones (excluding diaryl/α,β-unsaturated/α-hetero) is 1. The molecule has 0 bridgehead atoms. The van der Waals surface area contributed by atoms with E-state index in [-0.39, 0.29) is 30.0 Å². The van der Waals surface area contributed by atoms with Gasteiger partial charge in [0.25, 0.3) is 0 Å². The van der Waals surface area contributed by atoms with Crippen LogP contribution in [-0.2, 0) is 11.2 Å². The van der Waals surface area contributed by atoms with Gasteiger partial charge in [-0.3, -0.25) is 19.5 Å². The monoisotopic (exact) mass is 526 g/mol. The molecule has 3 aromatic rings. The maximum Gasteiger partial charge on any atom is 0.573 e. The number of thiazole rings is 1. The number of ether oxygens (including phenoxy) is 1. The summed E-state index contributed by atoms with van der Waals surface area (Å²) in [6.07, 6.45) is -3.40. The predicted molar refractivity (Wildman–Crippen MR) is 125 cm³/mol. The molecule has 9 nitrogen and oxygen atoms in total. The van der Waals surface area contributed by atoms with E-state index in [1.54, 1.807) is 11.7 Å². The fraction of sp³-hybridized carbons (Fsp3) is 0.381. The van der Waals surface area contributed by atoms with Gasteiger partial charge in [-0.25, -0.2) is 0 Å². The third kappa shape index (κ3) is 7.04. The number of anilines is 1. The predicted octanol–water partition coefficient (Wildman–Crippen LogP) is 3.17. The van der Waals surface area contributed by atoms with Crippen molar-refractivity contribution in [3.63, 3.8) is 0 Å². The molecule has 1 fully saturated rings. The Labute approximate surface area is 206 Å². The van der Waals surface area contributed by atoms with Crippen molar-refractivity contribution < 1.29 is 27.5 Å². The van der Waals surface area contributed by atoms with Gasteiger partial charge in [-0.15, -0.1) is 34.7 Å². The first-order valence-corrected chi connectivity index (χ1v) is 12.2. The van der Waals surface area contributed by atoms with Crippen molar-refractivity contribution in [1.82, 2.24) is 25.0 Å². The molecule has 0 unspecified atom stereocenters. The smallest absolute Gasteiger partial charge is 0.404 e. The molecule has 1 saturated heterocycles. The summed E-state index contributed by atoms with van der Waals surface area (Å²) in [5.41, 5.74) is 1.55. The SMILES string of the molecule is CN1CCN(CC(=O)Nc2cc(C(=O)Cc3nnc(-c4cncs4)s3)ccc2OC(F)(F)F)CC1. The lowest BCUT2D eigenvalue weighted by Gasteiger charge is -2.31. The molecule has 1 aliphatic heterocycles. The van der Waals surface area contributed by atoms with Crippen molar-refractivity contribution in [2.45, 2.75) is 12.8 Å². The van der Waals surface area contributed by atoms with E-state index in [4.69, 9.17) is 0 Å². The molecule has 0 aliphatic carbocycles. The first-order valence-electron chi connectivity index (χ1n) is 10.5. The van der Waals surface area contributed by atoms with Crippen molar-refractivity contribution in [2.24, 2.45) is 0 Å². The molecule has 35 heavy (non-hydrogen) atoms. The Morgan fingerprint density at radius 3 is 2.63 bits per heavy atom. The summed E-state index contributed by atoms with van der Waals surface area (Å²) >= 11 is 2.63. The van der Waals surface area contributed by atoms with E-state index in [2.05, 4.69) is 30.1 Å². The molecular weight excluding hydrogens is 505 g/mol. The van der Waals surface area contributed by atoms with Crippen LogP contribution < -0.4 is 10.1 Å². The largest absolute Gasteiger partial charge is 0.573 e. The number of hydrogen-bond acceptors (Lipinski definition) is 10. The zero-order valence-electron chi connectivity index (χ0n) is 18.5. The van der Waals surface area contributed by atoms with Crippen LogP contribution in [0.5, 0.6) is 5.75 Å². The minimum Gasteiger partial charge on any atom is -0.404 e. The van der Waals surface area contributed by atoms with Gasteiger partial charge in [0.15, 0.2) is 16.5 Å². The third-order valence-corrected chi connectivity index (χ3v) is 7.05. The molecule has 1 aromatic carbocycles. The fourth-order valence-corrected chi connectivity index (χ4v) is 4.91. The lowest BCUT2D eigenvalue weighted by atomic mass is 10.1. The first kappa shape index (κ1) is 25.2. The van der Waals surface area contributed by atoms with Crippen LogP contribution in [0.4, 0.5) is 18.9 Å². The topological polar surface area (TPSA) is 101 Å². The number of nitrogens with one attached hydrogen (secondary N) is 1. The number of carbonyl (C=O) groups excluding carboxylic acids is 2. The summed E-state index contributed by atoms with van der Waals surface area (Å²) in [4.78, 5) is 34.2. The quantitative estimate of drug-likeness (QED) is 0.447. The summed E-state index contributed by atoms with van der Waals surface area (Å²) in [6.45, 7) is 2.92. The van der Waals surface area contributed by atoms with Gasteiger partial charge in [0, 0.05) is 37.9 Å². The standard InChI is InChI=1S/C21H21F3N6O3S2/c1-29-4-6-30(7-5-29)11-18(32)26-14-8-13(2-3-16(14)33-21(22,23)24)15(31)9-19-27-28-20(35-19)17-10-25-12-34-17/h2-3,8,10,12H,4-7,9,11H2,1H3,(H,26,32). The van der Waals surface area contributed by atoms with E-state index in [9.17, 15) is 22.8 Å². The lowest BCUT2D eigenvalue weighted by molar-refractivity contribution is -0.274. The molecule has 1 amide bonds. The van der Waals surface area contributed by atoms with Crippen LogP contribution >= 0.6 is 22.7 Å². The Morgan fingerprint density at radius 2 is 1.94 bits per heavy atom. The average molecular weight is 527 g/mol. The van der Waals surface area contributed by atoms with Gasteiger partial charge >= 0.3 is 6.36 Å². The maximum atomic E-state index is 12.9. The molecule has 0 atom stereocenters. The second-order valence-electron chi connectivity index (χ2n) is 7.85. The van der Waals surface area contributed by atoms with Crippen LogP contribution in [0.25, 0.3) is 9.88 Å². The Bertz CT molecular complexity index is 1180. The summed E-state index contributed by atoms with van der Waals surface area (Å²) in [5.74, 6) is -1.47. The molecule has 1 aliphatic rings. The van der Waals surface area contributed by atoms with Crippen molar-refractivity contribution in [3.8, 4) is 15.6 Å². The van der Waals surface area contributed by atoms with Crippen LogP contribution in [0, 0.1) is 0 Å². The zero-order valence-corrected chi connectivity index (χ0v) is 20.2. The number of ketones is 1. The Kier molecular flexibility index (Phi) is 7.74. The van der Waals surface area contributed by atoms with Gasteiger partial charge in [-0.05, 0) is 25.2 Å². The van der Waals surface area contributed by atoms with Gasteiger partial charge in [0.05, 0.1) is 29.0 Å². The van der Waals surface area contributed by atoms with Crippen LogP contribution in [0.3, 0.4) is 0 Å². The molecule has 4 rings (SSSR count). The molecule has 1 N–H and O–H groups in total. The first-order chi connectivity index (χ1) is 16.7. The molecular formula is C21H21F3N6O3S2. The molecule has 0 saturated carbocycles. The van der Waals surface area contributed by atoms with E-state index in [0.29, 0.717) is 23.1 Å². The van der Waals surface area contributed by atoms with E-state index in [1.165, 1.54) is 34.8 Å². The molecule has 3 heterocycles. The van der Waals surface area contributed by atoms with Gasteiger partial charge in [-0.1, -0.05) is 11.3 Å². The molecule has 14 heteroatoms.